The zero-order valence-corrected chi connectivity index (χ0v) is 28.9. The summed E-state index contributed by atoms with van der Waals surface area (Å²) >= 11 is 7.84. The monoisotopic (exact) mass is 716 g/mol. The van der Waals surface area contributed by atoms with E-state index in [0.29, 0.717) is 16.8 Å². The number of hydrogen-bond acceptors (Lipinski definition) is 9. The third-order valence-corrected chi connectivity index (χ3v) is 9.41. The minimum absolute atomic E-state index is 0.158. The van der Waals surface area contributed by atoms with Crippen molar-refractivity contribution in [3.63, 3.8) is 0 Å². The Morgan fingerprint density at radius 3 is 2.47 bits per heavy atom. The maximum absolute atomic E-state index is 14.8. The van der Waals surface area contributed by atoms with Crippen molar-refractivity contribution in [3.8, 4) is 10.4 Å². The number of aliphatic imine (C=N–C) groups is 2. The number of guanidine groups is 1. The van der Waals surface area contributed by atoms with Gasteiger partial charge >= 0.3 is 12.3 Å². The number of amides is 2. The van der Waals surface area contributed by atoms with Crippen LogP contribution in [0.5, 0.6) is 0 Å². The number of nitrogens with one attached hydrogen (secondary N) is 1. The fourth-order valence-electron chi connectivity index (χ4n) is 5.86. The quantitative estimate of drug-likeness (QED) is 0.126. The molecule has 0 radical (unpaired) electrons. The van der Waals surface area contributed by atoms with Gasteiger partial charge in [0.2, 0.25) is 0 Å². The minimum Gasteiger partial charge on any atom is -0.447 e. The number of benzene rings is 2. The molecule has 2 atom stereocenters. The van der Waals surface area contributed by atoms with Gasteiger partial charge in [0.25, 0.3) is 5.91 Å². The lowest BCUT2D eigenvalue weighted by Crippen LogP contribution is -2.50. The third-order valence-electron chi connectivity index (χ3n) is 8.29. The van der Waals surface area contributed by atoms with Gasteiger partial charge in [0.05, 0.1) is 21.6 Å². The smallest absolute Gasteiger partial charge is 0.411 e. The van der Waals surface area contributed by atoms with Gasteiger partial charge in [-0.05, 0) is 71.1 Å². The molecular formula is C33H36ClF3N8O3S. The fourth-order valence-corrected chi connectivity index (χ4v) is 6.66. The minimum atomic E-state index is -4.65. The van der Waals surface area contributed by atoms with Crippen molar-refractivity contribution >= 4 is 59.8 Å². The first-order chi connectivity index (χ1) is 23.0. The SMILES string of the molecule is C=NN(C=NC)c1cc([C@@H](COC(=O)NC2(C(F)(F)F)CC2)N2C(=O)[C@@](CC(C)(C)C)(c3ccc(-c4ccns4)cc3)N=C2N)ccc1Cl. The van der Waals surface area contributed by atoms with E-state index in [-0.39, 0.29) is 30.2 Å². The highest BCUT2D eigenvalue weighted by molar-refractivity contribution is 7.09. The molecule has 16 heteroatoms. The highest BCUT2D eigenvalue weighted by Gasteiger charge is 2.64. The van der Waals surface area contributed by atoms with Gasteiger partial charge in [-0.3, -0.25) is 14.7 Å². The Balaban J connectivity index is 1.56. The van der Waals surface area contributed by atoms with Crippen LogP contribution in [0.2, 0.25) is 5.02 Å². The summed E-state index contributed by atoms with van der Waals surface area (Å²) in [4.78, 5) is 38.6. The van der Waals surface area contributed by atoms with E-state index >= 15 is 0 Å². The van der Waals surface area contributed by atoms with Crippen LogP contribution in [-0.4, -0.2) is 65.7 Å². The van der Waals surface area contributed by atoms with Crippen LogP contribution in [0, 0.1) is 5.41 Å². The summed E-state index contributed by atoms with van der Waals surface area (Å²) in [5.41, 5.74) is 4.54. The molecule has 0 spiro atoms. The fraction of sp³-hybridized carbons (Fsp3) is 0.394. The van der Waals surface area contributed by atoms with Gasteiger partial charge in [0.15, 0.2) is 11.5 Å². The summed E-state index contributed by atoms with van der Waals surface area (Å²) in [5, 5.41) is 7.44. The Hall–Kier alpha value is -4.50. The number of carbonyl (C=O) groups excluding carboxylic acids is 2. The topological polar surface area (TPSA) is 138 Å². The lowest BCUT2D eigenvalue weighted by Gasteiger charge is -2.35. The summed E-state index contributed by atoms with van der Waals surface area (Å²) in [5.74, 6) is -0.659. The number of halogens is 4. The van der Waals surface area contributed by atoms with Gasteiger partial charge in [0.1, 0.15) is 18.5 Å². The zero-order valence-electron chi connectivity index (χ0n) is 27.3. The average Bonchev–Trinajstić information content (AvgIpc) is 3.53. The molecule has 1 aliphatic carbocycles. The van der Waals surface area contributed by atoms with Crippen LogP contribution < -0.4 is 16.1 Å². The molecule has 3 N–H and O–H groups in total. The number of hydrazone groups is 1. The molecule has 5 rings (SSSR count). The van der Waals surface area contributed by atoms with Gasteiger partial charge in [-0.25, -0.2) is 19.2 Å². The van der Waals surface area contributed by atoms with Crippen molar-refractivity contribution in [2.75, 3.05) is 18.7 Å². The number of ether oxygens (including phenoxy) is 1. The molecule has 0 saturated heterocycles. The average molecular weight is 717 g/mol. The number of rotatable bonds is 11. The number of alkyl halides is 3. The first-order valence-corrected chi connectivity index (χ1v) is 16.4. The van der Waals surface area contributed by atoms with Crippen LogP contribution in [-0.2, 0) is 15.1 Å². The summed E-state index contributed by atoms with van der Waals surface area (Å²) in [7, 11) is 1.53. The van der Waals surface area contributed by atoms with Crippen LogP contribution in [0.3, 0.4) is 0 Å². The molecule has 1 saturated carbocycles. The van der Waals surface area contributed by atoms with Crippen molar-refractivity contribution in [1.82, 2.24) is 14.6 Å². The van der Waals surface area contributed by atoms with E-state index in [1.165, 1.54) is 40.9 Å². The summed E-state index contributed by atoms with van der Waals surface area (Å²) in [6.07, 6.45) is -3.14. The molecule has 2 amide bonds. The second-order valence-electron chi connectivity index (χ2n) is 13.1. The molecule has 2 heterocycles. The first-order valence-electron chi connectivity index (χ1n) is 15.2. The Kier molecular flexibility index (Phi) is 9.81. The van der Waals surface area contributed by atoms with Crippen molar-refractivity contribution in [1.29, 1.82) is 0 Å². The highest BCUT2D eigenvalue weighted by atomic mass is 35.5. The van der Waals surface area contributed by atoms with E-state index in [2.05, 4.69) is 21.2 Å². The lowest BCUT2D eigenvalue weighted by atomic mass is 9.75. The van der Waals surface area contributed by atoms with E-state index in [9.17, 15) is 22.8 Å². The van der Waals surface area contributed by atoms with Gasteiger partial charge in [-0.1, -0.05) is 62.7 Å². The van der Waals surface area contributed by atoms with E-state index in [0.717, 1.165) is 10.4 Å². The lowest BCUT2D eigenvalue weighted by molar-refractivity contribution is -0.164. The molecule has 0 bridgehead atoms. The Labute approximate surface area is 290 Å². The van der Waals surface area contributed by atoms with Gasteiger partial charge in [-0.15, -0.1) is 0 Å². The molecule has 0 unspecified atom stereocenters. The second kappa shape index (κ2) is 13.4. The molecule has 260 valence electrons. The number of nitrogens with two attached hydrogens (primary N) is 1. The highest BCUT2D eigenvalue weighted by Crippen LogP contribution is 2.49. The Bertz CT molecular complexity index is 1770. The van der Waals surface area contributed by atoms with Gasteiger partial charge in [-0.2, -0.15) is 18.3 Å². The number of aromatic nitrogens is 1. The maximum Gasteiger partial charge on any atom is 0.411 e. The Morgan fingerprint density at radius 2 is 1.92 bits per heavy atom. The van der Waals surface area contributed by atoms with Crippen LogP contribution in [0.4, 0.5) is 23.7 Å². The van der Waals surface area contributed by atoms with Crippen LogP contribution in [0.15, 0.2) is 69.8 Å². The molecule has 11 nitrogen and oxygen atoms in total. The maximum atomic E-state index is 14.8. The van der Waals surface area contributed by atoms with Gasteiger partial charge < -0.3 is 15.8 Å². The van der Waals surface area contributed by atoms with Crippen LogP contribution in [0.1, 0.15) is 57.2 Å². The molecule has 2 aliphatic rings. The van der Waals surface area contributed by atoms with Crippen LogP contribution in [0.25, 0.3) is 10.4 Å². The number of carbonyl (C=O) groups is 2. The predicted octanol–water partition coefficient (Wildman–Crippen LogP) is 6.89. The standard InChI is InChI=1S/C33H36ClF3N8O3S/c1-30(2,3)18-32(22-9-6-20(7-10-22)26-12-15-41-49-26)27(46)45(28(38)42-32)25(17-48-29(47)43-31(13-14-31)33(35,36)37)21-8-11-23(34)24(16-21)44(40-5)19-39-4/h6-12,15-16,19,25H,5,13-14,17-18H2,1-4H3,(H2,38,42)(H,43,47)/t25-,32-/m1/s1. The molecule has 3 aromatic rings. The van der Waals surface area contributed by atoms with E-state index in [4.69, 9.17) is 27.1 Å². The van der Waals surface area contributed by atoms with E-state index in [1.54, 1.807) is 18.3 Å². The molecule has 1 aromatic heterocycles. The largest absolute Gasteiger partial charge is 0.447 e. The van der Waals surface area contributed by atoms with Crippen molar-refractivity contribution in [2.45, 2.75) is 63.3 Å². The first kappa shape index (κ1) is 35.8. The predicted molar refractivity (Wildman–Crippen MR) is 185 cm³/mol. The van der Waals surface area contributed by atoms with E-state index < -0.39 is 47.3 Å². The summed E-state index contributed by atoms with van der Waals surface area (Å²) in [6.45, 7) is 8.90. The third kappa shape index (κ3) is 7.27. The molecule has 1 fully saturated rings. The molecule has 2 aromatic carbocycles. The number of alkyl carbamates (subject to hydrolysis) is 1. The number of hydrogen-bond donors (Lipinski definition) is 2. The van der Waals surface area contributed by atoms with Crippen molar-refractivity contribution in [3.05, 3.63) is 70.9 Å². The zero-order chi connectivity index (χ0) is 35.8. The second-order valence-corrected chi connectivity index (χ2v) is 14.3. The molecule has 49 heavy (non-hydrogen) atoms. The summed E-state index contributed by atoms with van der Waals surface area (Å²) < 4.78 is 50.4. The van der Waals surface area contributed by atoms with Gasteiger partial charge in [0, 0.05) is 20.0 Å². The van der Waals surface area contributed by atoms with Crippen molar-refractivity contribution < 1.29 is 27.5 Å². The normalized spacial score (nSPS) is 19.5. The Morgan fingerprint density at radius 1 is 1.22 bits per heavy atom. The summed E-state index contributed by atoms with van der Waals surface area (Å²) in [6, 6.07) is 12.9. The molecular weight excluding hydrogens is 681 g/mol. The van der Waals surface area contributed by atoms with Crippen molar-refractivity contribution in [2.24, 2.45) is 26.2 Å². The number of anilines is 1. The van der Waals surface area contributed by atoms with E-state index in [1.807, 2.05) is 56.4 Å². The van der Waals surface area contributed by atoms with Crippen LogP contribution >= 0.6 is 23.1 Å². The number of nitrogens with zero attached hydrogens (tertiary/aromatic N) is 6. The molecule has 1 aliphatic heterocycles.